The quantitative estimate of drug-likeness (QED) is 0.906. The number of aromatic nitrogens is 2. The number of anilines is 1. The van der Waals surface area contributed by atoms with Gasteiger partial charge in [0.2, 0.25) is 0 Å². The van der Waals surface area contributed by atoms with Gasteiger partial charge in [-0.2, -0.15) is 13.2 Å². The van der Waals surface area contributed by atoms with Crippen LogP contribution in [-0.4, -0.2) is 64.6 Å². The normalized spacial score (nSPS) is 18.6. The minimum atomic E-state index is -4.23. The highest BCUT2D eigenvalue weighted by atomic mass is 19.4. The molecule has 0 saturated carbocycles. The number of piperazine rings is 1. The van der Waals surface area contributed by atoms with Gasteiger partial charge in [-0.3, -0.25) is 4.90 Å². The van der Waals surface area contributed by atoms with Gasteiger partial charge in [-0.05, 0) is 19.1 Å². The fourth-order valence-electron chi connectivity index (χ4n) is 2.15. The number of hydrogen-bond acceptors (Lipinski definition) is 5. The van der Waals surface area contributed by atoms with E-state index in [1.54, 1.807) is 4.90 Å². The highest BCUT2D eigenvalue weighted by molar-refractivity contribution is 5.85. The molecule has 6 nitrogen and oxygen atoms in total. The van der Waals surface area contributed by atoms with Crippen molar-refractivity contribution in [3.8, 4) is 0 Å². The molecule has 21 heavy (non-hydrogen) atoms. The Morgan fingerprint density at radius 3 is 2.29 bits per heavy atom. The number of nitrogens with zero attached hydrogens (tertiary/aromatic N) is 4. The molecule has 1 aromatic heterocycles. The van der Waals surface area contributed by atoms with Crippen molar-refractivity contribution in [1.82, 2.24) is 15.1 Å². The summed E-state index contributed by atoms with van der Waals surface area (Å²) < 4.78 is 37.9. The van der Waals surface area contributed by atoms with E-state index in [1.807, 2.05) is 0 Å². The van der Waals surface area contributed by atoms with Crippen LogP contribution in [0.2, 0.25) is 0 Å². The van der Waals surface area contributed by atoms with Gasteiger partial charge in [0.15, 0.2) is 11.5 Å². The summed E-state index contributed by atoms with van der Waals surface area (Å²) in [6.45, 7) is 2.46. The Morgan fingerprint density at radius 2 is 1.86 bits per heavy atom. The molecule has 0 spiro atoms. The molecule has 2 rings (SSSR count). The number of carboxylic acids is 1. The fourth-order valence-corrected chi connectivity index (χ4v) is 2.15. The lowest BCUT2D eigenvalue weighted by Gasteiger charge is -2.38. The molecule has 116 valence electrons. The van der Waals surface area contributed by atoms with Crippen LogP contribution < -0.4 is 4.90 Å². The van der Waals surface area contributed by atoms with Gasteiger partial charge in [0, 0.05) is 26.2 Å². The average molecular weight is 304 g/mol. The lowest BCUT2D eigenvalue weighted by molar-refractivity contribution is -0.179. The van der Waals surface area contributed by atoms with Crippen LogP contribution in [0.25, 0.3) is 0 Å². The monoisotopic (exact) mass is 304 g/mol. The van der Waals surface area contributed by atoms with Crippen LogP contribution in [0.3, 0.4) is 0 Å². The highest BCUT2D eigenvalue weighted by Gasteiger charge is 2.40. The first-order valence-corrected chi connectivity index (χ1v) is 6.42. The molecule has 0 radical (unpaired) electrons. The SMILES string of the molecule is CC(N1CCN(c2ccc(C(=O)O)nn2)CC1)C(F)(F)F. The number of rotatable bonds is 3. The lowest BCUT2D eigenvalue weighted by Crippen LogP contribution is -2.53. The molecule has 9 heteroatoms. The van der Waals surface area contributed by atoms with Crippen molar-refractivity contribution < 1.29 is 23.1 Å². The maximum absolute atomic E-state index is 12.6. The zero-order valence-corrected chi connectivity index (χ0v) is 11.3. The topological polar surface area (TPSA) is 69.6 Å². The van der Waals surface area contributed by atoms with Crippen molar-refractivity contribution in [2.45, 2.75) is 19.1 Å². The third-order valence-corrected chi connectivity index (χ3v) is 3.53. The van der Waals surface area contributed by atoms with Gasteiger partial charge in [0.05, 0.1) is 0 Å². The zero-order valence-electron chi connectivity index (χ0n) is 11.3. The van der Waals surface area contributed by atoms with Crippen molar-refractivity contribution in [2.24, 2.45) is 0 Å². The van der Waals surface area contributed by atoms with E-state index in [0.29, 0.717) is 18.9 Å². The first-order chi connectivity index (χ1) is 9.79. The summed E-state index contributed by atoms with van der Waals surface area (Å²) in [5.74, 6) is -0.697. The van der Waals surface area contributed by atoms with E-state index in [0.717, 1.165) is 6.92 Å². The molecular weight excluding hydrogens is 289 g/mol. The molecule has 1 saturated heterocycles. The number of hydrogen-bond donors (Lipinski definition) is 1. The molecule has 2 heterocycles. The molecule has 0 aliphatic carbocycles. The fraction of sp³-hybridized carbons (Fsp3) is 0.583. The number of alkyl halides is 3. The maximum Gasteiger partial charge on any atom is 0.403 e. The number of aromatic carboxylic acids is 1. The van der Waals surface area contributed by atoms with Crippen LogP contribution in [0.1, 0.15) is 17.4 Å². The molecule has 1 unspecified atom stereocenters. The van der Waals surface area contributed by atoms with Gasteiger partial charge in [-0.25, -0.2) is 4.79 Å². The minimum Gasteiger partial charge on any atom is -0.476 e. The summed E-state index contributed by atoms with van der Waals surface area (Å²) in [5, 5.41) is 16.1. The molecule has 1 aromatic rings. The van der Waals surface area contributed by atoms with Crippen LogP contribution in [-0.2, 0) is 0 Å². The number of carboxylic acid groups (broad SMARTS) is 1. The number of carbonyl (C=O) groups is 1. The summed E-state index contributed by atoms with van der Waals surface area (Å²) in [5.41, 5.74) is -0.164. The molecule has 1 atom stereocenters. The molecule has 1 N–H and O–H groups in total. The first-order valence-electron chi connectivity index (χ1n) is 6.42. The average Bonchev–Trinajstić information content (AvgIpc) is 2.46. The summed E-state index contributed by atoms with van der Waals surface area (Å²) in [6.07, 6.45) is -4.23. The van der Waals surface area contributed by atoms with Gasteiger partial charge >= 0.3 is 12.1 Å². The second kappa shape index (κ2) is 5.84. The Bertz CT molecular complexity index is 498. The van der Waals surface area contributed by atoms with Crippen molar-refractivity contribution >= 4 is 11.8 Å². The Balaban J connectivity index is 1.96. The van der Waals surface area contributed by atoms with Gasteiger partial charge in [0.1, 0.15) is 6.04 Å². The van der Waals surface area contributed by atoms with Crippen LogP contribution in [0.5, 0.6) is 0 Å². The Hall–Kier alpha value is -1.90. The summed E-state index contributed by atoms with van der Waals surface area (Å²) in [6, 6.07) is 1.37. The largest absolute Gasteiger partial charge is 0.476 e. The minimum absolute atomic E-state index is 0.164. The summed E-state index contributed by atoms with van der Waals surface area (Å²) in [4.78, 5) is 13.8. The van der Waals surface area contributed by atoms with Gasteiger partial charge < -0.3 is 10.0 Å². The van der Waals surface area contributed by atoms with E-state index in [9.17, 15) is 18.0 Å². The van der Waals surface area contributed by atoms with Crippen molar-refractivity contribution in [3.05, 3.63) is 17.8 Å². The zero-order chi connectivity index (χ0) is 15.6. The first kappa shape index (κ1) is 15.5. The molecule has 0 amide bonds. The van der Waals surface area contributed by atoms with Crippen LogP contribution in [0.15, 0.2) is 12.1 Å². The third-order valence-electron chi connectivity index (χ3n) is 3.53. The molecule has 0 bridgehead atoms. The lowest BCUT2D eigenvalue weighted by atomic mass is 10.2. The predicted molar refractivity (Wildman–Crippen MR) is 68.3 cm³/mol. The van der Waals surface area contributed by atoms with Crippen LogP contribution in [0.4, 0.5) is 19.0 Å². The van der Waals surface area contributed by atoms with E-state index in [4.69, 9.17) is 5.11 Å². The van der Waals surface area contributed by atoms with Gasteiger partial charge in [-0.1, -0.05) is 0 Å². The Labute approximate surface area is 119 Å². The summed E-state index contributed by atoms with van der Waals surface area (Å²) >= 11 is 0. The van der Waals surface area contributed by atoms with Crippen LogP contribution >= 0.6 is 0 Å². The Kier molecular flexibility index (Phi) is 4.31. The third kappa shape index (κ3) is 3.60. The van der Waals surface area contributed by atoms with E-state index in [1.165, 1.54) is 17.0 Å². The van der Waals surface area contributed by atoms with Crippen LogP contribution in [0, 0.1) is 0 Å². The summed E-state index contributed by atoms with van der Waals surface area (Å²) in [7, 11) is 0. The standard InChI is InChI=1S/C12H15F3N4O2/c1-8(12(13,14)15)18-4-6-19(7-5-18)10-3-2-9(11(20)21)16-17-10/h2-3,8H,4-7H2,1H3,(H,20,21). The van der Waals surface area contributed by atoms with Crippen molar-refractivity contribution in [1.29, 1.82) is 0 Å². The van der Waals surface area contributed by atoms with Crippen molar-refractivity contribution in [3.63, 3.8) is 0 Å². The molecular formula is C12H15F3N4O2. The smallest absolute Gasteiger partial charge is 0.403 e. The maximum atomic E-state index is 12.6. The molecule has 1 aliphatic rings. The van der Waals surface area contributed by atoms with E-state index >= 15 is 0 Å². The molecule has 0 aromatic carbocycles. The molecule has 1 aliphatic heterocycles. The number of halogens is 3. The second-order valence-electron chi connectivity index (χ2n) is 4.82. The molecule has 1 fully saturated rings. The highest BCUT2D eigenvalue weighted by Crippen LogP contribution is 2.25. The van der Waals surface area contributed by atoms with E-state index in [2.05, 4.69) is 10.2 Å². The predicted octanol–water partition coefficient (Wildman–Crippen LogP) is 1.25. The van der Waals surface area contributed by atoms with Crippen molar-refractivity contribution in [2.75, 3.05) is 31.1 Å². The van der Waals surface area contributed by atoms with Gasteiger partial charge in [0.25, 0.3) is 0 Å². The van der Waals surface area contributed by atoms with E-state index in [-0.39, 0.29) is 18.8 Å². The second-order valence-corrected chi connectivity index (χ2v) is 4.82. The van der Waals surface area contributed by atoms with E-state index < -0.39 is 18.2 Å². The Morgan fingerprint density at radius 1 is 1.24 bits per heavy atom. The van der Waals surface area contributed by atoms with Gasteiger partial charge in [-0.15, -0.1) is 10.2 Å².